The number of aromatic hydroxyl groups is 1. The Balaban J connectivity index is 2.50. The SMILES string of the molecule is COc1cc(C)c(O)cc1C1(CN)CCC1. The van der Waals surface area contributed by atoms with Crippen LogP contribution in [0, 0.1) is 6.92 Å². The van der Waals surface area contributed by atoms with Gasteiger partial charge < -0.3 is 15.6 Å². The predicted octanol–water partition coefficient (Wildman–Crippen LogP) is 2.09. The molecule has 1 fully saturated rings. The third kappa shape index (κ3) is 1.55. The normalized spacial score (nSPS) is 17.9. The lowest BCUT2D eigenvalue weighted by molar-refractivity contribution is 0.242. The molecule has 0 radical (unpaired) electrons. The first-order valence-corrected chi connectivity index (χ1v) is 5.71. The summed E-state index contributed by atoms with van der Waals surface area (Å²) in [7, 11) is 1.66. The summed E-state index contributed by atoms with van der Waals surface area (Å²) in [6, 6.07) is 3.71. The zero-order chi connectivity index (χ0) is 11.8. The maximum Gasteiger partial charge on any atom is 0.123 e. The lowest BCUT2D eigenvalue weighted by atomic mass is 9.64. The number of phenolic OH excluding ortho intramolecular Hbond substituents is 1. The summed E-state index contributed by atoms with van der Waals surface area (Å²) in [5.41, 5.74) is 7.80. The second-order valence-electron chi connectivity index (χ2n) is 4.68. The lowest BCUT2D eigenvalue weighted by Crippen LogP contribution is -2.41. The lowest BCUT2D eigenvalue weighted by Gasteiger charge is -2.42. The van der Waals surface area contributed by atoms with E-state index in [0.29, 0.717) is 12.3 Å². The number of hydrogen-bond donors (Lipinski definition) is 2. The molecule has 0 saturated heterocycles. The number of benzene rings is 1. The first-order valence-electron chi connectivity index (χ1n) is 5.71. The van der Waals surface area contributed by atoms with Crippen LogP contribution in [0.3, 0.4) is 0 Å². The molecule has 88 valence electrons. The Morgan fingerprint density at radius 2 is 2.12 bits per heavy atom. The number of hydrogen-bond acceptors (Lipinski definition) is 3. The average Bonchev–Trinajstić information content (AvgIpc) is 2.22. The Bertz CT molecular complexity index is 392. The van der Waals surface area contributed by atoms with E-state index in [9.17, 15) is 5.11 Å². The quantitative estimate of drug-likeness (QED) is 0.821. The molecular formula is C13H19NO2. The molecule has 2 rings (SSSR count). The van der Waals surface area contributed by atoms with Gasteiger partial charge in [0.15, 0.2) is 0 Å². The van der Waals surface area contributed by atoms with E-state index in [0.717, 1.165) is 29.7 Å². The van der Waals surface area contributed by atoms with Crippen molar-refractivity contribution in [2.24, 2.45) is 5.73 Å². The van der Waals surface area contributed by atoms with E-state index in [1.807, 2.05) is 19.1 Å². The van der Waals surface area contributed by atoms with Gasteiger partial charge in [-0.1, -0.05) is 6.42 Å². The molecule has 3 nitrogen and oxygen atoms in total. The molecule has 0 aliphatic heterocycles. The summed E-state index contributed by atoms with van der Waals surface area (Å²) in [6.45, 7) is 2.49. The van der Waals surface area contributed by atoms with E-state index >= 15 is 0 Å². The van der Waals surface area contributed by atoms with Crippen LogP contribution in [0.2, 0.25) is 0 Å². The van der Waals surface area contributed by atoms with Crippen molar-refractivity contribution in [2.75, 3.05) is 13.7 Å². The summed E-state index contributed by atoms with van der Waals surface area (Å²) >= 11 is 0. The summed E-state index contributed by atoms with van der Waals surface area (Å²) in [5, 5.41) is 9.80. The zero-order valence-electron chi connectivity index (χ0n) is 9.92. The van der Waals surface area contributed by atoms with Gasteiger partial charge in [-0.2, -0.15) is 0 Å². The van der Waals surface area contributed by atoms with Crippen LogP contribution in [0.5, 0.6) is 11.5 Å². The van der Waals surface area contributed by atoms with Gasteiger partial charge in [0, 0.05) is 17.5 Å². The number of methoxy groups -OCH3 is 1. The smallest absolute Gasteiger partial charge is 0.123 e. The molecule has 1 aliphatic rings. The molecular weight excluding hydrogens is 202 g/mol. The molecule has 1 aromatic rings. The Hall–Kier alpha value is -1.22. The fraction of sp³-hybridized carbons (Fsp3) is 0.538. The maximum absolute atomic E-state index is 9.80. The number of nitrogens with two attached hydrogens (primary N) is 1. The zero-order valence-corrected chi connectivity index (χ0v) is 9.92. The Morgan fingerprint density at radius 1 is 1.44 bits per heavy atom. The third-order valence-corrected chi connectivity index (χ3v) is 3.79. The van der Waals surface area contributed by atoms with Crippen LogP contribution in [0.4, 0.5) is 0 Å². The van der Waals surface area contributed by atoms with Crippen LogP contribution in [-0.4, -0.2) is 18.8 Å². The summed E-state index contributed by atoms with van der Waals surface area (Å²) in [4.78, 5) is 0. The maximum atomic E-state index is 9.80. The van der Waals surface area contributed by atoms with Gasteiger partial charge in [0.25, 0.3) is 0 Å². The molecule has 3 heteroatoms. The van der Waals surface area contributed by atoms with Crippen molar-refractivity contribution in [3.8, 4) is 11.5 Å². The molecule has 0 heterocycles. The molecule has 16 heavy (non-hydrogen) atoms. The van der Waals surface area contributed by atoms with Crippen LogP contribution in [0.25, 0.3) is 0 Å². The highest BCUT2D eigenvalue weighted by Gasteiger charge is 2.39. The fourth-order valence-corrected chi connectivity index (χ4v) is 2.44. The highest BCUT2D eigenvalue weighted by molar-refractivity contribution is 5.49. The van der Waals surface area contributed by atoms with Crippen molar-refractivity contribution < 1.29 is 9.84 Å². The number of rotatable bonds is 3. The minimum absolute atomic E-state index is 0.0243. The van der Waals surface area contributed by atoms with Gasteiger partial charge in [0.2, 0.25) is 0 Å². The van der Waals surface area contributed by atoms with Crippen molar-refractivity contribution in [1.82, 2.24) is 0 Å². The Labute approximate surface area is 96.2 Å². The van der Waals surface area contributed by atoms with Gasteiger partial charge >= 0.3 is 0 Å². The van der Waals surface area contributed by atoms with Crippen LogP contribution < -0.4 is 10.5 Å². The van der Waals surface area contributed by atoms with Crippen LogP contribution >= 0.6 is 0 Å². The van der Waals surface area contributed by atoms with Crippen molar-refractivity contribution in [3.05, 3.63) is 23.3 Å². The van der Waals surface area contributed by atoms with Crippen molar-refractivity contribution in [1.29, 1.82) is 0 Å². The first-order chi connectivity index (χ1) is 7.63. The highest BCUT2D eigenvalue weighted by Crippen LogP contribution is 2.47. The first kappa shape index (κ1) is 11.3. The van der Waals surface area contributed by atoms with Gasteiger partial charge in [-0.3, -0.25) is 0 Å². The predicted molar refractivity (Wildman–Crippen MR) is 64.0 cm³/mol. The second-order valence-corrected chi connectivity index (χ2v) is 4.68. The molecule has 0 bridgehead atoms. The molecule has 0 unspecified atom stereocenters. The summed E-state index contributed by atoms with van der Waals surface area (Å²) < 4.78 is 5.40. The van der Waals surface area contributed by atoms with Crippen molar-refractivity contribution >= 4 is 0 Å². The molecule has 0 amide bonds. The highest BCUT2D eigenvalue weighted by atomic mass is 16.5. The second kappa shape index (κ2) is 3.98. The van der Waals surface area contributed by atoms with Crippen LogP contribution in [-0.2, 0) is 5.41 Å². The molecule has 0 aromatic heterocycles. The van der Waals surface area contributed by atoms with Crippen LogP contribution in [0.1, 0.15) is 30.4 Å². The number of phenols is 1. The molecule has 3 N–H and O–H groups in total. The van der Waals surface area contributed by atoms with E-state index < -0.39 is 0 Å². The van der Waals surface area contributed by atoms with Crippen molar-refractivity contribution in [2.45, 2.75) is 31.6 Å². The van der Waals surface area contributed by atoms with E-state index in [4.69, 9.17) is 10.5 Å². The molecule has 0 atom stereocenters. The van der Waals surface area contributed by atoms with Crippen LogP contribution in [0.15, 0.2) is 12.1 Å². The van der Waals surface area contributed by atoms with E-state index in [1.54, 1.807) is 7.11 Å². The monoisotopic (exact) mass is 221 g/mol. The Kier molecular flexibility index (Phi) is 2.80. The average molecular weight is 221 g/mol. The summed E-state index contributed by atoms with van der Waals surface area (Å²) in [6.07, 6.45) is 3.37. The summed E-state index contributed by atoms with van der Waals surface area (Å²) in [5.74, 6) is 1.18. The third-order valence-electron chi connectivity index (χ3n) is 3.79. The van der Waals surface area contributed by atoms with E-state index in [1.165, 1.54) is 6.42 Å². The van der Waals surface area contributed by atoms with Gasteiger partial charge in [0.05, 0.1) is 7.11 Å². The minimum Gasteiger partial charge on any atom is -0.508 e. The number of aryl methyl sites for hydroxylation is 1. The van der Waals surface area contributed by atoms with Gasteiger partial charge in [-0.05, 0) is 37.5 Å². The van der Waals surface area contributed by atoms with Crippen molar-refractivity contribution in [3.63, 3.8) is 0 Å². The molecule has 1 saturated carbocycles. The van der Waals surface area contributed by atoms with Gasteiger partial charge in [-0.15, -0.1) is 0 Å². The topological polar surface area (TPSA) is 55.5 Å². The standard InChI is InChI=1S/C13H19NO2/c1-9-6-12(16-2)10(7-11(9)15)13(8-14)4-3-5-13/h6-7,15H,3-5,8,14H2,1-2H3. The molecule has 1 aliphatic carbocycles. The fourth-order valence-electron chi connectivity index (χ4n) is 2.44. The van der Waals surface area contributed by atoms with E-state index in [-0.39, 0.29) is 5.41 Å². The molecule has 0 spiro atoms. The number of ether oxygens (including phenoxy) is 1. The minimum atomic E-state index is 0.0243. The Morgan fingerprint density at radius 3 is 2.56 bits per heavy atom. The largest absolute Gasteiger partial charge is 0.508 e. The van der Waals surface area contributed by atoms with Gasteiger partial charge in [-0.25, -0.2) is 0 Å². The molecule has 1 aromatic carbocycles. The van der Waals surface area contributed by atoms with Gasteiger partial charge in [0.1, 0.15) is 11.5 Å². The van der Waals surface area contributed by atoms with E-state index in [2.05, 4.69) is 0 Å².